The molecular weight excluding hydrogens is 284 g/mol. The van der Waals surface area contributed by atoms with Gasteiger partial charge in [0.05, 0.1) is 6.54 Å². The molecule has 0 aromatic rings. The van der Waals surface area contributed by atoms with Gasteiger partial charge in [0.2, 0.25) is 11.8 Å². The van der Waals surface area contributed by atoms with Crippen molar-refractivity contribution in [3.63, 3.8) is 0 Å². The first-order valence-corrected chi connectivity index (χ1v) is 7.71. The number of primary amides is 1. The lowest BCUT2D eigenvalue weighted by Gasteiger charge is -2.37. The summed E-state index contributed by atoms with van der Waals surface area (Å²) >= 11 is 0. The largest absolute Gasteiger partial charge is 0.368 e. The number of carbonyl (C=O) groups is 3. The van der Waals surface area contributed by atoms with Crippen molar-refractivity contribution in [3.8, 4) is 0 Å². The Balaban J connectivity index is 1.95. The van der Waals surface area contributed by atoms with E-state index in [1.54, 1.807) is 15.9 Å². The highest BCUT2D eigenvalue weighted by Gasteiger charge is 2.36. The van der Waals surface area contributed by atoms with Gasteiger partial charge in [-0.2, -0.15) is 0 Å². The molecule has 0 spiro atoms. The highest BCUT2D eigenvalue weighted by Crippen LogP contribution is 2.32. The summed E-state index contributed by atoms with van der Waals surface area (Å²) in [4.78, 5) is 38.6. The van der Waals surface area contributed by atoms with Gasteiger partial charge in [0, 0.05) is 32.6 Å². The van der Waals surface area contributed by atoms with E-state index in [0.717, 1.165) is 12.8 Å². The number of amides is 4. The molecule has 0 radical (unpaired) electrons. The van der Waals surface area contributed by atoms with E-state index in [0.29, 0.717) is 38.5 Å². The summed E-state index contributed by atoms with van der Waals surface area (Å²) in [6, 6.07) is -0.0806. The molecule has 2 saturated heterocycles. The second-order valence-corrected chi connectivity index (χ2v) is 6.00. The van der Waals surface area contributed by atoms with Crippen molar-refractivity contribution in [1.29, 1.82) is 0 Å². The molecule has 2 aliphatic heterocycles. The molecule has 0 aliphatic carbocycles. The molecular formula is C15H24N4O3. The molecule has 4 amide bonds. The summed E-state index contributed by atoms with van der Waals surface area (Å²) < 4.78 is 0. The average Bonchev–Trinajstić information content (AvgIpc) is 2.63. The summed E-state index contributed by atoms with van der Waals surface area (Å²) in [5, 5.41) is 2.79. The molecule has 2 rings (SSSR count). The normalized spacial score (nSPS) is 25.2. The molecule has 0 bridgehead atoms. The Bertz CT molecular complexity index is 466. The molecule has 2 heterocycles. The van der Waals surface area contributed by atoms with Gasteiger partial charge in [0.15, 0.2) is 0 Å². The third-order valence-electron chi connectivity index (χ3n) is 4.48. The number of nitrogens with zero attached hydrogens (tertiary/aromatic N) is 2. The van der Waals surface area contributed by atoms with Crippen LogP contribution >= 0.6 is 0 Å². The third-order valence-corrected chi connectivity index (χ3v) is 4.48. The maximum atomic E-state index is 12.2. The van der Waals surface area contributed by atoms with Crippen LogP contribution < -0.4 is 11.1 Å². The average molecular weight is 308 g/mol. The zero-order valence-electron chi connectivity index (χ0n) is 12.8. The first-order chi connectivity index (χ1) is 10.5. The first kappa shape index (κ1) is 16.3. The summed E-state index contributed by atoms with van der Waals surface area (Å²) in [6.45, 7) is 5.87. The number of hydrogen-bond donors (Lipinski definition) is 2. The van der Waals surface area contributed by atoms with Crippen molar-refractivity contribution in [2.45, 2.75) is 19.3 Å². The molecule has 22 heavy (non-hydrogen) atoms. The van der Waals surface area contributed by atoms with E-state index in [-0.39, 0.29) is 24.4 Å². The van der Waals surface area contributed by atoms with Crippen LogP contribution in [0.1, 0.15) is 19.3 Å². The zero-order chi connectivity index (χ0) is 16.1. The van der Waals surface area contributed by atoms with Crippen LogP contribution in [0.3, 0.4) is 0 Å². The number of nitrogens with one attached hydrogen (secondary N) is 1. The number of carbonyl (C=O) groups excluding carboxylic acids is 3. The van der Waals surface area contributed by atoms with E-state index < -0.39 is 5.91 Å². The van der Waals surface area contributed by atoms with Gasteiger partial charge in [0.25, 0.3) is 0 Å². The molecule has 0 aromatic heterocycles. The minimum Gasteiger partial charge on any atom is -0.368 e. The van der Waals surface area contributed by atoms with E-state index in [9.17, 15) is 14.4 Å². The monoisotopic (exact) mass is 308 g/mol. The number of nitrogens with two attached hydrogens (primary N) is 1. The Labute approximate surface area is 130 Å². The molecule has 2 fully saturated rings. The quantitative estimate of drug-likeness (QED) is 0.711. The van der Waals surface area contributed by atoms with Crippen molar-refractivity contribution in [1.82, 2.24) is 15.1 Å². The van der Waals surface area contributed by atoms with Crippen molar-refractivity contribution in [3.05, 3.63) is 12.7 Å². The molecule has 0 aromatic carbocycles. The fourth-order valence-electron chi connectivity index (χ4n) is 3.29. The Morgan fingerprint density at radius 2 is 2.05 bits per heavy atom. The summed E-state index contributed by atoms with van der Waals surface area (Å²) in [6.07, 6.45) is 3.72. The van der Waals surface area contributed by atoms with Gasteiger partial charge in [-0.3, -0.25) is 9.59 Å². The third kappa shape index (κ3) is 3.99. The van der Waals surface area contributed by atoms with Crippen molar-refractivity contribution in [2.75, 3.05) is 32.7 Å². The van der Waals surface area contributed by atoms with E-state index >= 15 is 0 Å². The van der Waals surface area contributed by atoms with Crippen LogP contribution in [0.25, 0.3) is 0 Å². The van der Waals surface area contributed by atoms with Gasteiger partial charge in [0.1, 0.15) is 0 Å². The Hall–Kier alpha value is -2.05. The topological polar surface area (TPSA) is 95.7 Å². The number of likely N-dealkylation sites (tertiary alicyclic amines) is 2. The van der Waals surface area contributed by atoms with Crippen molar-refractivity contribution in [2.24, 2.45) is 17.6 Å². The molecule has 7 heteroatoms. The standard InChI is InChI=1S/C15H24N4O3/c1-2-5-17-15(22)19-7-3-11-8-14(21)18(10-13(16)20)6-4-12(11)9-19/h2,11-12H,1,3-10H2,(H2,16,20)(H,17,22)/t11-,12-/m0/s1. The van der Waals surface area contributed by atoms with Gasteiger partial charge in [-0.25, -0.2) is 4.79 Å². The predicted molar refractivity (Wildman–Crippen MR) is 81.8 cm³/mol. The minimum absolute atomic E-state index is 0.00383. The number of rotatable bonds is 4. The smallest absolute Gasteiger partial charge is 0.317 e. The predicted octanol–water partition coefficient (Wildman–Crippen LogP) is -0.0722. The molecule has 2 aliphatic rings. The van der Waals surface area contributed by atoms with E-state index in [1.165, 1.54) is 0 Å². The van der Waals surface area contributed by atoms with Crippen molar-refractivity contribution < 1.29 is 14.4 Å². The molecule has 3 N–H and O–H groups in total. The van der Waals surface area contributed by atoms with Crippen LogP contribution in [-0.2, 0) is 9.59 Å². The summed E-state index contributed by atoms with van der Waals surface area (Å²) in [7, 11) is 0. The SMILES string of the molecule is C=CCNC(=O)N1CC[C@H]2CC(=O)N(CC(N)=O)CC[C@H]2C1. The zero-order valence-corrected chi connectivity index (χ0v) is 12.8. The van der Waals surface area contributed by atoms with Crippen molar-refractivity contribution >= 4 is 17.8 Å². The second-order valence-electron chi connectivity index (χ2n) is 6.00. The summed E-state index contributed by atoms with van der Waals surface area (Å²) in [5.74, 6) is 0.0957. The minimum atomic E-state index is -0.483. The van der Waals surface area contributed by atoms with E-state index in [2.05, 4.69) is 11.9 Å². The van der Waals surface area contributed by atoms with Gasteiger partial charge in [-0.05, 0) is 24.7 Å². The van der Waals surface area contributed by atoms with Crippen LogP contribution in [0.5, 0.6) is 0 Å². The number of hydrogen-bond acceptors (Lipinski definition) is 3. The number of piperidine rings is 1. The fraction of sp³-hybridized carbons (Fsp3) is 0.667. The Morgan fingerprint density at radius 1 is 1.32 bits per heavy atom. The Morgan fingerprint density at radius 3 is 2.73 bits per heavy atom. The molecule has 0 unspecified atom stereocenters. The van der Waals surface area contributed by atoms with E-state index in [1.807, 2.05) is 0 Å². The van der Waals surface area contributed by atoms with Gasteiger partial charge in [-0.15, -0.1) is 6.58 Å². The highest BCUT2D eigenvalue weighted by molar-refractivity contribution is 5.84. The van der Waals surface area contributed by atoms with E-state index in [4.69, 9.17) is 5.73 Å². The van der Waals surface area contributed by atoms with Gasteiger partial charge < -0.3 is 20.9 Å². The highest BCUT2D eigenvalue weighted by atomic mass is 16.2. The molecule has 2 atom stereocenters. The first-order valence-electron chi connectivity index (χ1n) is 7.71. The van der Waals surface area contributed by atoms with Gasteiger partial charge in [-0.1, -0.05) is 6.08 Å². The maximum absolute atomic E-state index is 12.2. The lowest BCUT2D eigenvalue weighted by Crippen LogP contribution is -2.48. The molecule has 7 nitrogen and oxygen atoms in total. The Kier molecular flexibility index (Phi) is 5.41. The lowest BCUT2D eigenvalue weighted by atomic mass is 9.82. The number of urea groups is 1. The van der Waals surface area contributed by atoms with Gasteiger partial charge >= 0.3 is 6.03 Å². The van der Waals surface area contributed by atoms with Crippen LogP contribution in [0.15, 0.2) is 12.7 Å². The van der Waals surface area contributed by atoms with Crippen LogP contribution in [0.2, 0.25) is 0 Å². The maximum Gasteiger partial charge on any atom is 0.317 e. The van der Waals surface area contributed by atoms with Crippen LogP contribution in [0.4, 0.5) is 4.79 Å². The second kappa shape index (κ2) is 7.29. The summed E-state index contributed by atoms with van der Waals surface area (Å²) in [5.41, 5.74) is 5.19. The number of fused-ring (bicyclic) bond motifs is 1. The van der Waals surface area contributed by atoms with Crippen LogP contribution in [-0.4, -0.2) is 60.4 Å². The molecule has 0 saturated carbocycles. The lowest BCUT2D eigenvalue weighted by molar-refractivity contribution is -0.135. The van der Waals surface area contributed by atoms with Crippen LogP contribution in [0, 0.1) is 11.8 Å². The fourth-order valence-corrected chi connectivity index (χ4v) is 3.29. The molecule has 122 valence electrons.